The van der Waals surface area contributed by atoms with Crippen LogP contribution in [0.1, 0.15) is 44.9 Å². The zero-order valence-corrected chi connectivity index (χ0v) is 15.4. The van der Waals surface area contributed by atoms with Gasteiger partial charge in [-0.3, -0.25) is 14.5 Å². The molecule has 2 aliphatic carbocycles. The maximum Gasteiger partial charge on any atom is 0.317 e. The Balaban J connectivity index is 1.56. The average Bonchev–Trinajstić information content (AvgIpc) is 2.60. The Hall–Kier alpha value is -1.14. The number of carbonyl (C=O) groups is 2. The SMILES string of the molecule is CN(CC(=O)O)CC1CN(C(=O)C2CCCC3CCCCC32)CCO1. The van der Waals surface area contributed by atoms with E-state index < -0.39 is 5.97 Å². The maximum atomic E-state index is 13.2. The zero-order chi connectivity index (χ0) is 17.8. The highest BCUT2D eigenvalue weighted by atomic mass is 16.5. The van der Waals surface area contributed by atoms with Crippen molar-refractivity contribution in [2.45, 2.75) is 51.0 Å². The molecule has 3 aliphatic rings. The standard InChI is InChI=1S/C19H32N2O4/c1-20(13-18(22)23)11-15-12-21(9-10-25-15)19(24)17-8-4-6-14-5-2-3-7-16(14)17/h14-17H,2-13H2,1H3,(H,22,23). The van der Waals surface area contributed by atoms with Crippen molar-refractivity contribution >= 4 is 11.9 Å². The van der Waals surface area contributed by atoms with E-state index in [1.54, 1.807) is 11.9 Å². The van der Waals surface area contributed by atoms with E-state index in [0.717, 1.165) is 12.3 Å². The van der Waals surface area contributed by atoms with Crippen LogP contribution in [0.15, 0.2) is 0 Å². The first-order valence-electron chi connectivity index (χ1n) is 9.85. The van der Waals surface area contributed by atoms with Gasteiger partial charge in [0.1, 0.15) is 0 Å². The van der Waals surface area contributed by atoms with Crippen LogP contribution >= 0.6 is 0 Å². The molecule has 0 bridgehead atoms. The lowest BCUT2D eigenvalue weighted by molar-refractivity contribution is -0.149. The first-order chi connectivity index (χ1) is 12.0. The monoisotopic (exact) mass is 352 g/mol. The van der Waals surface area contributed by atoms with Crippen LogP contribution in [0.5, 0.6) is 0 Å². The van der Waals surface area contributed by atoms with Gasteiger partial charge in [-0.15, -0.1) is 0 Å². The summed E-state index contributed by atoms with van der Waals surface area (Å²) in [5, 5.41) is 8.89. The Morgan fingerprint density at radius 1 is 1.16 bits per heavy atom. The number of hydrogen-bond acceptors (Lipinski definition) is 4. The second-order valence-electron chi connectivity index (χ2n) is 8.11. The maximum absolute atomic E-state index is 13.2. The van der Waals surface area contributed by atoms with Crippen molar-refractivity contribution in [1.82, 2.24) is 9.80 Å². The van der Waals surface area contributed by atoms with Crippen molar-refractivity contribution in [3.8, 4) is 0 Å². The van der Waals surface area contributed by atoms with Crippen LogP contribution in [-0.2, 0) is 14.3 Å². The van der Waals surface area contributed by atoms with Gasteiger partial charge in [-0.2, -0.15) is 0 Å². The molecular formula is C19H32N2O4. The first kappa shape index (κ1) is 18.6. The van der Waals surface area contributed by atoms with Gasteiger partial charge in [0.25, 0.3) is 0 Å². The molecule has 3 rings (SSSR count). The number of rotatable bonds is 5. The highest BCUT2D eigenvalue weighted by molar-refractivity contribution is 5.79. The van der Waals surface area contributed by atoms with Crippen molar-refractivity contribution in [2.24, 2.45) is 17.8 Å². The van der Waals surface area contributed by atoms with E-state index in [1.165, 1.54) is 38.5 Å². The third-order valence-corrected chi connectivity index (χ3v) is 6.26. The Morgan fingerprint density at radius 2 is 1.92 bits per heavy atom. The van der Waals surface area contributed by atoms with Crippen molar-refractivity contribution in [3.63, 3.8) is 0 Å². The average molecular weight is 352 g/mol. The fraction of sp³-hybridized carbons (Fsp3) is 0.895. The third kappa shape index (κ3) is 4.73. The van der Waals surface area contributed by atoms with Crippen LogP contribution in [0.3, 0.4) is 0 Å². The summed E-state index contributed by atoms with van der Waals surface area (Å²) >= 11 is 0. The van der Waals surface area contributed by atoms with Crippen molar-refractivity contribution in [1.29, 1.82) is 0 Å². The summed E-state index contributed by atoms with van der Waals surface area (Å²) in [5.74, 6) is 1.04. The van der Waals surface area contributed by atoms with Gasteiger partial charge >= 0.3 is 5.97 Å². The van der Waals surface area contributed by atoms with E-state index in [0.29, 0.717) is 38.1 Å². The highest BCUT2D eigenvalue weighted by Gasteiger charge is 2.41. The number of ether oxygens (including phenoxy) is 1. The molecule has 0 aromatic carbocycles. The molecule has 1 heterocycles. The molecular weight excluding hydrogens is 320 g/mol. The number of aliphatic carboxylic acids is 1. The van der Waals surface area contributed by atoms with Crippen LogP contribution in [0.2, 0.25) is 0 Å². The van der Waals surface area contributed by atoms with Crippen molar-refractivity contribution in [3.05, 3.63) is 0 Å². The van der Waals surface area contributed by atoms with Gasteiger partial charge in [-0.1, -0.05) is 32.1 Å². The Kier molecular flexibility index (Phi) is 6.34. The molecule has 6 nitrogen and oxygen atoms in total. The number of amides is 1. The van der Waals surface area contributed by atoms with E-state index in [9.17, 15) is 9.59 Å². The lowest BCUT2D eigenvalue weighted by Crippen LogP contribution is -2.52. The Bertz CT molecular complexity index is 482. The van der Waals surface area contributed by atoms with E-state index in [4.69, 9.17) is 9.84 Å². The van der Waals surface area contributed by atoms with E-state index in [-0.39, 0.29) is 18.6 Å². The molecule has 0 spiro atoms. The molecule has 0 aromatic heterocycles. The van der Waals surface area contributed by atoms with Crippen LogP contribution in [-0.4, -0.2) is 72.7 Å². The van der Waals surface area contributed by atoms with Gasteiger partial charge < -0.3 is 14.7 Å². The number of fused-ring (bicyclic) bond motifs is 1. The van der Waals surface area contributed by atoms with Crippen LogP contribution in [0.25, 0.3) is 0 Å². The van der Waals surface area contributed by atoms with Crippen molar-refractivity contribution < 1.29 is 19.4 Å². The fourth-order valence-corrected chi connectivity index (χ4v) is 5.15. The third-order valence-electron chi connectivity index (χ3n) is 6.26. The zero-order valence-electron chi connectivity index (χ0n) is 15.4. The molecule has 2 saturated carbocycles. The summed E-state index contributed by atoms with van der Waals surface area (Å²) < 4.78 is 5.78. The van der Waals surface area contributed by atoms with Crippen LogP contribution in [0, 0.1) is 17.8 Å². The van der Waals surface area contributed by atoms with Gasteiger partial charge in [0.15, 0.2) is 0 Å². The summed E-state index contributed by atoms with van der Waals surface area (Å²) in [5.41, 5.74) is 0. The topological polar surface area (TPSA) is 70.1 Å². The molecule has 6 heteroatoms. The molecule has 25 heavy (non-hydrogen) atoms. The predicted octanol–water partition coefficient (Wildman–Crippen LogP) is 1.84. The van der Waals surface area contributed by atoms with Gasteiger partial charge in [0, 0.05) is 25.6 Å². The molecule has 1 saturated heterocycles. The molecule has 4 atom stereocenters. The Labute approximate surface area is 150 Å². The van der Waals surface area contributed by atoms with E-state index in [2.05, 4.69) is 0 Å². The lowest BCUT2D eigenvalue weighted by Gasteiger charge is -2.43. The molecule has 3 fully saturated rings. The van der Waals surface area contributed by atoms with E-state index >= 15 is 0 Å². The first-order valence-corrected chi connectivity index (χ1v) is 9.85. The molecule has 0 aromatic rings. The molecule has 1 aliphatic heterocycles. The van der Waals surface area contributed by atoms with Gasteiger partial charge in [0.05, 0.1) is 19.3 Å². The van der Waals surface area contributed by atoms with Crippen molar-refractivity contribution in [2.75, 3.05) is 39.8 Å². The number of morpholine rings is 1. The number of nitrogens with zero attached hydrogens (tertiary/aromatic N) is 2. The number of hydrogen-bond donors (Lipinski definition) is 1. The number of carboxylic acids is 1. The van der Waals surface area contributed by atoms with Gasteiger partial charge in [-0.05, 0) is 31.7 Å². The van der Waals surface area contributed by atoms with E-state index in [1.807, 2.05) is 4.90 Å². The molecule has 4 unspecified atom stereocenters. The smallest absolute Gasteiger partial charge is 0.317 e. The second-order valence-corrected chi connectivity index (χ2v) is 8.11. The highest BCUT2D eigenvalue weighted by Crippen LogP contribution is 2.44. The normalized spacial score (nSPS) is 33.1. The Morgan fingerprint density at radius 3 is 2.72 bits per heavy atom. The lowest BCUT2D eigenvalue weighted by atomic mass is 9.65. The summed E-state index contributed by atoms with van der Waals surface area (Å²) in [4.78, 5) is 27.7. The molecule has 1 N–H and O–H groups in total. The summed E-state index contributed by atoms with van der Waals surface area (Å²) in [6.45, 7) is 2.37. The molecule has 1 amide bonds. The van der Waals surface area contributed by atoms with Crippen LogP contribution < -0.4 is 0 Å². The molecule has 0 radical (unpaired) electrons. The summed E-state index contributed by atoms with van der Waals surface area (Å²) in [6, 6.07) is 0. The van der Waals surface area contributed by atoms with Crippen LogP contribution in [0.4, 0.5) is 0 Å². The number of carboxylic acid groups (broad SMARTS) is 1. The fourth-order valence-electron chi connectivity index (χ4n) is 5.15. The largest absolute Gasteiger partial charge is 0.480 e. The minimum atomic E-state index is -0.836. The number of carbonyl (C=O) groups excluding carboxylic acids is 1. The molecule has 142 valence electrons. The predicted molar refractivity (Wildman–Crippen MR) is 94.2 cm³/mol. The minimum absolute atomic E-state index is 0.000184. The van der Waals surface area contributed by atoms with Gasteiger partial charge in [0.2, 0.25) is 5.91 Å². The second kappa shape index (κ2) is 8.49. The van der Waals surface area contributed by atoms with Gasteiger partial charge in [-0.25, -0.2) is 0 Å². The minimum Gasteiger partial charge on any atom is -0.480 e. The number of likely N-dealkylation sites (N-methyl/N-ethyl adjacent to an activating group) is 1. The summed E-state index contributed by atoms with van der Waals surface area (Å²) in [6.07, 6.45) is 8.58. The quantitative estimate of drug-likeness (QED) is 0.817. The summed E-state index contributed by atoms with van der Waals surface area (Å²) in [7, 11) is 1.78.